The molecule has 0 saturated carbocycles. The Labute approximate surface area is 150 Å². The van der Waals surface area contributed by atoms with E-state index in [1.807, 2.05) is 4.90 Å². The predicted molar refractivity (Wildman–Crippen MR) is 101 cm³/mol. The van der Waals surface area contributed by atoms with Gasteiger partial charge in [0.1, 0.15) is 0 Å². The fourth-order valence-corrected chi connectivity index (χ4v) is 3.53. The zero-order valence-electron chi connectivity index (χ0n) is 14.7. The Morgan fingerprint density at radius 1 is 0.880 bits per heavy atom. The molecule has 1 fully saturated rings. The average molecular weight is 337 g/mol. The maximum absolute atomic E-state index is 12.2. The monoisotopic (exact) mass is 337 g/mol. The van der Waals surface area contributed by atoms with E-state index in [0.29, 0.717) is 13.0 Å². The Balaban J connectivity index is 1.72. The van der Waals surface area contributed by atoms with Gasteiger partial charge in [-0.1, -0.05) is 60.7 Å². The van der Waals surface area contributed by atoms with Crippen LogP contribution in [0.5, 0.6) is 0 Å². The molecule has 1 aliphatic rings. The number of piperazine rings is 1. The zero-order chi connectivity index (χ0) is 17.5. The summed E-state index contributed by atoms with van der Waals surface area (Å²) in [6.45, 7) is 3.95. The van der Waals surface area contributed by atoms with E-state index in [9.17, 15) is 4.79 Å². The lowest BCUT2D eigenvalue weighted by molar-refractivity contribution is -0.133. The van der Waals surface area contributed by atoms with Crippen LogP contribution in [0.15, 0.2) is 60.7 Å². The zero-order valence-corrected chi connectivity index (χ0v) is 14.7. The molecule has 1 saturated heterocycles. The van der Waals surface area contributed by atoms with Gasteiger partial charge in [-0.3, -0.25) is 9.69 Å². The number of nitrogens with zero attached hydrogens (tertiary/aromatic N) is 2. The van der Waals surface area contributed by atoms with Gasteiger partial charge in [-0.25, -0.2) is 0 Å². The smallest absolute Gasteiger partial charge is 0.222 e. The topological polar surface area (TPSA) is 49.6 Å². The van der Waals surface area contributed by atoms with Crippen molar-refractivity contribution in [3.05, 3.63) is 71.8 Å². The maximum atomic E-state index is 12.2. The Morgan fingerprint density at radius 2 is 1.40 bits per heavy atom. The molecular formula is C21H27N3O. The molecule has 2 aromatic rings. The van der Waals surface area contributed by atoms with Crippen molar-refractivity contribution in [2.24, 2.45) is 5.73 Å². The van der Waals surface area contributed by atoms with Crippen LogP contribution in [0.1, 0.15) is 30.0 Å². The van der Waals surface area contributed by atoms with E-state index >= 15 is 0 Å². The highest BCUT2D eigenvalue weighted by Gasteiger charge is 2.27. The summed E-state index contributed by atoms with van der Waals surface area (Å²) >= 11 is 0. The number of carbonyl (C=O) groups is 1. The third kappa shape index (κ3) is 4.47. The second kappa shape index (κ2) is 8.79. The largest absolute Gasteiger partial charge is 0.340 e. The first-order chi connectivity index (χ1) is 12.3. The molecule has 0 bridgehead atoms. The number of rotatable bonds is 6. The van der Waals surface area contributed by atoms with E-state index in [1.54, 1.807) is 0 Å². The molecule has 132 valence electrons. The molecule has 25 heavy (non-hydrogen) atoms. The quantitative estimate of drug-likeness (QED) is 0.882. The summed E-state index contributed by atoms with van der Waals surface area (Å²) in [7, 11) is 0. The first-order valence-corrected chi connectivity index (χ1v) is 9.11. The molecule has 0 atom stereocenters. The summed E-state index contributed by atoms with van der Waals surface area (Å²) in [6.07, 6.45) is 1.34. The number of benzene rings is 2. The number of hydrogen-bond acceptors (Lipinski definition) is 3. The highest BCUT2D eigenvalue weighted by Crippen LogP contribution is 2.29. The Bertz CT molecular complexity index is 612. The number of nitrogens with two attached hydrogens (primary N) is 1. The molecule has 3 rings (SSSR count). The van der Waals surface area contributed by atoms with E-state index in [1.165, 1.54) is 11.1 Å². The second-order valence-corrected chi connectivity index (χ2v) is 6.53. The van der Waals surface area contributed by atoms with Gasteiger partial charge in [-0.2, -0.15) is 0 Å². The van der Waals surface area contributed by atoms with Crippen molar-refractivity contribution in [2.45, 2.75) is 18.9 Å². The maximum Gasteiger partial charge on any atom is 0.222 e. The van der Waals surface area contributed by atoms with Gasteiger partial charge in [-0.15, -0.1) is 0 Å². The van der Waals surface area contributed by atoms with E-state index in [4.69, 9.17) is 5.73 Å². The fraction of sp³-hybridized carbons (Fsp3) is 0.381. The Kier molecular flexibility index (Phi) is 6.20. The molecule has 2 N–H and O–H groups in total. The van der Waals surface area contributed by atoms with Crippen LogP contribution in [0, 0.1) is 0 Å². The molecular weight excluding hydrogens is 310 g/mol. The van der Waals surface area contributed by atoms with Crippen LogP contribution in [-0.2, 0) is 4.79 Å². The minimum Gasteiger partial charge on any atom is -0.340 e. The summed E-state index contributed by atoms with van der Waals surface area (Å²) in [5.74, 6) is 0.237. The second-order valence-electron chi connectivity index (χ2n) is 6.53. The van der Waals surface area contributed by atoms with Crippen molar-refractivity contribution >= 4 is 5.91 Å². The minimum atomic E-state index is 0.237. The van der Waals surface area contributed by atoms with E-state index in [-0.39, 0.29) is 11.9 Å². The van der Waals surface area contributed by atoms with Crippen molar-refractivity contribution in [1.29, 1.82) is 0 Å². The molecule has 2 aromatic carbocycles. The van der Waals surface area contributed by atoms with Crippen LogP contribution in [0.3, 0.4) is 0 Å². The van der Waals surface area contributed by atoms with E-state index in [2.05, 4.69) is 65.6 Å². The molecule has 0 radical (unpaired) electrons. The molecule has 0 unspecified atom stereocenters. The van der Waals surface area contributed by atoms with E-state index in [0.717, 1.165) is 32.6 Å². The predicted octanol–water partition coefficient (Wildman–Crippen LogP) is 2.66. The third-order valence-corrected chi connectivity index (χ3v) is 4.86. The lowest BCUT2D eigenvalue weighted by Gasteiger charge is -2.39. The Morgan fingerprint density at radius 3 is 1.88 bits per heavy atom. The van der Waals surface area contributed by atoms with Crippen LogP contribution in [0.2, 0.25) is 0 Å². The van der Waals surface area contributed by atoms with E-state index < -0.39 is 0 Å². The van der Waals surface area contributed by atoms with Gasteiger partial charge in [0, 0.05) is 32.6 Å². The van der Waals surface area contributed by atoms with Crippen LogP contribution < -0.4 is 5.73 Å². The minimum absolute atomic E-state index is 0.237. The molecule has 0 aromatic heterocycles. The number of amides is 1. The van der Waals surface area contributed by atoms with Gasteiger partial charge in [0.25, 0.3) is 0 Å². The first kappa shape index (κ1) is 17.6. The van der Waals surface area contributed by atoms with Gasteiger partial charge in [-0.05, 0) is 24.1 Å². The van der Waals surface area contributed by atoms with Crippen molar-refractivity contribution < 1.29 is 4.79 Å². The number of carbonyl (C=O) groups excluding carboxylic acids is 1. The van der Waals surface area contributed by atoms with Crippen LogP contribution in [0.25, 0.3) is 0 Å². The molecule has 1 aliphatic heterocycles. The summed E-state index contributed by atoms with van der Waals surface area (Å²) in [5.41, 5.74) is 8.12. The summed E-state index contributed by atoms with van der Waals surface area (Å²) in [6, 6.07) is 21.5. The average Bonchev–Trinajstić information content (AvgIpc) is 2.68. The molecule has 4 nitrogen and oxygen atoms in total. The van der Waals surface area contributed by atoms with Gasteiger partial charge in [0.05, 0.1) is 6.04 Å². The Hall–Kier alpha value is -2.17. The van der Waals surface area contributed by atoms with Crippen molar-refractivity contribution in [2.75, 3.05) is 32.7 Å². The SMILES string of the molecule is NCCCC(=O)N1CCN(C(c2ccccc2)c2ccccc2)CC1. The first-order valence-electron chi connectivity index (χ1n) is 9.11. The van der Waals surface area contributed by atoms with Crippen LogP contribution >= 0.6 is 0 Å². The van der Waals surface area contributed by atoms with Crippen molar-refractivity contribution in [1.82, 2.24) is 9.80 Å². The summed E-state index contributed by atoms with van der Waals surface area (Å²) in [5, 5.41) is 0. The molecule has 0 spiro atoms. The lowest BCUT2D eigenvalue weighted by atomic mass is 9.96. The van der Waals surface area contributed by atoms with Crippen LogP contribution in [-0.4, -0.2) is 48.4 Å². The van der Waals surface area contributed by atoms with Crippen molar-refractivity contribution in [3.63, 3.8) is 0 Å². The molecule has 0 aliphatic carbocycles. The molecule has 1 heterocycles. The molecule has 1 amide bonds. The van der Waals surface area contributed by atoms with Gasteiger partial charge in [0.2, 0.25) is 5.91 Å². The summed E-state index contributed by atoms with van der Waals surface area (Å²) in [4.78, 5) is 16.7. The van der Waals surface area contributed by atoms with Crippen molar-refractivity contribution in [3.8, 4) is 0 Å². The normalized spacial score (nSPS) is 15.5. The van der Waals surface area contributed by atoms with Gasteiger partial charge in [0.15, 0.2) is 0 Å². The highest BCUT2D eigenvalue weighted by atomic mass is 16.2. The third-order valence-electron chi connectivity index (χ3n) is 4.86. The van der Waals surface area contributed by atoms with Crippen LogP contribution in [0.4, 0.5) is 0 Å². The number of hydrogen-bond donors (Lipinski definition) is 1. The summed E-state index contributed by atoms with van der Waals surface area (Å²) < 4.78 is 0. The standard InChI is InChI=1S/C21H27N3O/c22-13-7-12-20(25)23-14-16-24(17-15-23)21(18-8-3-1-4-9-18)19-10-5-2-6-11-19/h1-6,8-11,21H,7,12-17,22H2. The lowest BCUT2D eigenvalue weighted by Crippen LogP contribution is -2.49. The fourth-order valence-electron chi connectivity index (χ4n) is 3.53. The van der Waals surface area contributed by atoms with Gasteiger partial charge < -0.3 is 10.6 Å². The highest BCUT2D eigenvalue weighted by molar-refractivity contribution is 5.76. The molecule has 4 heteroatoms. The van der Waals surface area contributed by atoms with Gasteiger partial charge >= 0.3 is 0 Å².